The third-order valence-electron chi connectivity index (χ3n) is 3.67. The van der Waals surface area contributed by atoms with Crippen LogP contribution in [0.25, 0.3) is 0 Å². The second-order valence-electron chi connectivity index (χ2n) is 7.02. The Labute approximate surface area is 152 Å². The van der Waals surface area contributed by atoms with Crippen LogP contribution in [-0.2, 0) is 14.8 Å². The molecule has 1 saturated heterocycles. The molecule has 10 heteroatoms. The van der Waals surface area contributed by atoms with Gasteiger partial charge in [-0.1, -0.05) is 6.07 Å². The Morgan fingerprint density at radius 1 is 1.28 bits per heavy atom. The van der Waals surface area contributed by atoms with Crippen molar-refractivity contribution < 1.29 is 22.9 Å². The first-order chi connectivity index (χ1) is 11.6. The fourth-order valence-corrected chi connectivity index (χ4v) is 5.11. The standard InChI is InChI=1S/C15H24N4O4S2/c1-15(2,3)17-14(21)16-12(20)11-18-6-8-19(9-7-18)25(22,23)13-5-4-10-24-13/h4-5,10H,6-9,11H2,1-3H3,(H2,16,17,20,21)/p+1. The van der Waals surface area contributed by atoms with Gasteiger partial charge in [-0.3, -0.25) is 10.1 Å². The van der Waals surface area contributed by atoms with Crippen LogP contribution in [-0.4, -0.2) is 62.9 Å². The SMILES string of the molecule is CC(C)(C)NC(=O)NC(=O)C[NH+]1CCN(S(=O)(=O)c2cccs2)CC1. The summed E-state index contributed by atoms with van der Waals surface area (Å²) in [6.45, 7) is 7.40. The van der Waals surface area contributed by atoms with Crippen molar-refractivity contribution in [3.8, 4) is 0 Å². The van der Waals surface area contributed by atoms with Gasteiger partial charge in [-0.05, 0) is 32.2 Å². The van der Waals surface area contributed by atoms with E-state index in [1.54, 1.807) is 17.5 Å². The topological polar surface area (TPSA) is 100 Å². The van der Waals surface area contributed by atoms with Crippen LogP contribution < -0.4 is 15.5 Å². The smallest absolute Gasteiger partial charge is 0.322 e. The molecule has 0 radical (unpaired) electrons. The van der Waals surface area contributed by atoms with Crippen LogP contribution in [0.15, 0.2) is 21.7 Å². The number of rotatable bonds is 4. The highest BCUT2D eigenvalue weighted by atomic mass is 32.2. The van der Waals surface area contributed by atoms with E-state index in [4.69, 9.17) is 0 Å². The summed E-state index contributed by atoms with van der Waals surface area (Å²) in [4.78, 5) is 24.6. The zero-order chi connectivity index (χ0) is 18.7. The normalized spacial score (nSPS) is 17.2. The summed E-state index contributed by atoms with van der Waals surface area (Å²) in [6.07, 6.45) is 0. The number of carbonyl (C=O) groups is 2. The molecule has 0 aliphatic carbocycles. The monoisotopic (exact) mass is 389 g/mol. The minimum atomic E-state index is -3.44. The maximum absolute atomic E-state index is 12.5. The molecule has 8 nitrogen and oxygen atoms in total. The summed E-state index contributed by atoms with van der Waals surface area (Å²) in [7, 11) is -3.44. The van der Waals surface area contributed by atoms with E-state index in [2.05, 4.69) is 10.6 Å². The zero-order valence-electron chi connectivity index (χ0n) is 14.7. The molecule has 3 N–H and O–H groups in total. The number of quaternary nitrogens is 1. The zero-order valence-corrected chi connectivity index (χ0v) is 16.3. The van der Waals surface area contributed by atoms with Crippen LogP contribution >= 0.6 is 11.3 Å². The van der Waals surface area contributed by atoms with E-state index in [-0.39, 0.29) is 12.5 Å². The van der Waals surface area contributed by atoms with Crippen molar-refractivity contribution in [1.82, 2.24) is 14.9 Å². The number of hydrogen-bond acceptors (Lipinski definition) is 5. The predicted octanol–water partition coefficient (Wildman–Crippen LogP) is -0.738. The van der Waals surface area contributed by atoms with Crippen LogP contribution in [0.3, 0.4) is 0 Å². The van der Waals surface area contributed by atoms with Gasteiger partial charge in [0.15, 0.2) is 6.54 Å². The number of nitrogens with one attached hydrogen (secondary N) is 3. The van der Waals surface area contributed by atoms with Gasteiger partial charge in [-0.2, -0.15) is 4.31 Å². The van der Waals surface area contributed by atoms with Crippen LogP contribution in [0.5, 0.6) is 0 Å². The third kappa shape index (κ3) is 5.77. The Morgan fingerprint density at radius 2 is 1.92 bits per heavy atom. The first-order valence-electron chi connectivity index (χ1n) is 8.07. The van der Waals surface area contributed by atoms with E-state index in [1.807, 2.05) is 20.8 Å². The number of nitrogens with zero attached hydrogens (tertiary/aromatic N) is 1. The molecule has 1 aliphatic rings. The van der Waals surface area contributed by atoms with Crippen LogP contribution in [0, 0.1) is 0 Å². The van der Waals surface area contributed by atoms with E-state index in [9.17, 15) is 18.0 Å². The van der Waals surface area contributed by atoms with Crippen molar-refractivity contribution in [2.45, 2.75) is 30.5 Å². The molecule has 1 aromatic heterocycles. The predicted molar refractivity (Wildman–Crippen MR) is 95.1 cm³/mol. The Balaban J connectivity index is 1.81. The number of urea groups is 1. The van der Waals surface area contributed by atoms with E-state index < -0.39 is 21.6 Å². The average Bonchev–Trinajstić information content (AvgIpc) is 3.00. The van der Waals surface area contributed by atoms with Crippen molar-refractivity contribution in [1.29, 1.82) is 0 Å². The highest BCUT2D eigenvalue weighted by Crippen LogP contribution is 2.20. The van der Waals surface area contributed by atoms with Crippen LogP contribution in [0.1, 0.15) is 20.8 Å². The van der Waals surface area contributed by atoms with Gasteiger partial charge < -0.3 is 10.2 Å². The number of sulfonamides is 1. The molecule has 0 unspecified atom stereocenters. The minimum Gasteiger partial charge on any atom is -0.333 e. The third-order valence-corrected chi connectivity index (χ3v) is 6.94. The lowest BCUT2D eigenvalue weighted by molar-refractivity contribution is -0.895. The van der Waals surface area contributed by atoms with Crippen molar-refractivity contribution in [3.63, 3.8) is 0 Å². The van der Waals surface area contributed by atoms with Gasteiger partial charge in [0.1, 0.15) is 4.21 Å². The molecular formula is C15H25N4O4S2+. The van der Waals surface area contributed by atoms with E-state index in [0.29, 0.717) is 30.4 Å². The Hall–Kier alpha value is -1.49. The van der Waals surface area contributed by atoms with E-state index in [0.717, 1.165) is 4.90 Å². The summed E-state index contributed by atoms with van der Waals surface area (Å²) in [5, 5.41) is 6.71. The van der Waals surface area contributed by atoms with Gasteiger partial charge in [-0.15, -0.1) is 11.3 Å². The molecule has 1 fully saturated rings. The molecule has 1 aliphatic heterocycles. The highest BCUT2D eigenvalue weighted by Gasteiger charge is 2.31. The Kier molecular flexibility index (Phi) is 6.20. The number of hydrogen-bond donors (Lipinski definition) is 3. The molecule has 140 valence electrons. The summed E-state index contributed by atoms with van der Waals surface area (Å²) < 4.78 is 26.7. The average molecular weight is 390 g/mol. The maximum Gasteiger partial charge on any atom is 0.322 e. The molecule has 2 heterocycles. The molecule has 25 heavy (non-hydrogen) atoms. The summed E-state index contributed by atoms with van der Waals surface area (Å²) in [5.74, 6) is -0.369. The second kappa shape index (κ2) is 7.81. The van der Waals surface area contributed by atoms with E-state index in [1.165, 1.54) is 15.6 Å². The lowest BCUT2D eigenvalue weighted by Gasteiger charge is -2.30. The van der Waals surface area contributed by atoms with Gasteiger partial charge in [0, 0.05) is 5.54 Å². The summed E-state index contributed by atoms with van der Waals surface area (Å²) in [5.41, 5.74) is -0.418. The largest absolute Gasteiger partial charge is 0.333 e. The lowest BCUT2D eigenvalue weighted by Crippen LogP contribution is -3.15. The van der Waals surface area contributed by atoms with Crippen LogP contribution in [0.4, 0.5) is 4.79 Å². The lowest BCUT2D eigenvalue weighted by atomic mass is 10.1. The number of piperazine rings is 1. The first kappa shape index (κ1) is 19.8. The molecule has 2 rings (SSSR count). The highest BCUT2D eigenvalue weighted by molar-refractivity contribution is 7.91. The molecule has 0 atom stereocenters. The molecular weight excluding hydrogens is 364 g/mol. The number of carbonyl (C=O) groups excluding carboxylic acids is 2. The van der Waals surface area contributed by atoms with Crippen molar-refractivity contribution in [3.05, 3.63) is 17.5 Å². The van der Waals surface area contributed by atoms with Crippen molar-refractivity contribution in [2.24, 2.45) is 0 Å². The fourth-order valence-electron chi connectivity index (χ4n) is 2.53. The Bertz CT molecular complexity index is 702. The summed E-state index contributed by atoms with van der Waals surface area (Å²) in [6, 6.07) is 2.79. The number of imide groups is 1. The second-order valence-corrected chi connectivity index (χ2v) is 10.1. The number of thiophene rings is 1. The minimum absolute atomic E-state index is 0.143. The Morgan fingerprint density at radius 3 is 2.44 bits per heavy atom. The first-order valence-corrected chi connectivity index (χ1v) is 10.4. The van der Waals surface area contributed by atoms with Gasteiger partial charge in [-0.25, -0.2) is 13.2 Å². The van der Waals surface area contributed by atoms with Gasteiger partial charge in [0.2, 0.25) is 0 Å². The van der Waals surface area contributed by atoms with Gasteiger partial charge >= 0.3 is 6.03 Å². The molecule has 0 bridgehead atoms. The number of amides is 3. The summed E-state index contributed by atoms with van der Waals surface area (Å²) >= 11 is 1.20. The molecule has 0 saturated carbocycles. The van der Waals surface area contributed by atoms with Crippen molar-refractivity contribution in [2.75, 3.05) is 32.7 Å². The van der Waals surface area contributed by atoms with Gasteiger partial charge in [0.05, 0.1) is 26.2 Å². The fraction of sp³-hybridized carbons (Fsp3) is 0.600. The van der Waals surface area contributed by atoms with Crippen molar-refractivity contribution >= 4 is 33.3 Å². The van der Waals surface area contributed by atoms with Crippen LogP contribution in [0.2, 0.25) is 0 Å². The molecule has 0 spiro atoms. The maximum atomic E-state index is 12.5. The van der Waals surface area contributed by atoms with Gasteiger partial charge in [0.25, 0.3) is 15.9 Å². The molecule has 1 aromatic rings. The molecule has 3 amide bonds. The molecule has 0 aromatic carbocycles. The quantitative estimate of drug-likeness (QED) is 0.632. The van der Waals surface area contributed by atoms with E-state index >= 15 is 0 Å².